The Morgan fingerprint density at radius 2 is 1.76 bits per heavy atom. The van der Waals surface area contributed by atoms with Crippen LogP contribution in [0.2, 0.25) is 18.1 Å². The summed E-state index contributed by atoms with van der Waals surface area (Å²) >= 11 is 0. The zero-order valence-corrected chi connectivity index (χ0v) is 22.4. The molecule has 0 N–H and O–H groups in total. The van der Waals surface area contributed by atoms with Gasteiger partial charge < -0.3 is 13.9 Å². The van der Waals surface area contributed by atoms with E-state index in [9.17, 15) is 8.42 Å². The molecule has 0 spiro atoms. The molecule has 1 saturated heterocycles. The van der Waals surface area contributed by atoms with Gasteiger partial charge in [-0.05, 0) is 67.4 Å². The summed E-state index contributed by atoms with van der Waals surface area (Å²) in [6, 6.07) is 8.97. The van der Waals surface area contributed by atoms with Gasteiger partial charge in [0.2, 0.25) is 9.84 Å². The Kier molecular flexibility index (Phi) is 7.50. The summed E-state index contributed by atoms with van der Waals surface area (Å²) in [6.07, 6.45) is 0.433. The molecule has 1 aliphatic rings. The van der Waals surface area contributed by atoms with Gasteiger partial charge in [-0.15, -0.1) is 0 Å². The van der Waals surface area contributed by atoms with E-state index in [1.54, 1.807) is 24.3 Å². The maximum Gasteiger partial charge on any atom is 0.272 e. The largest absolute Gasteiger partial charge is 0.414 e. The van der Waals surface area contributed by atoms with Crippen molar-refractivity contribution in [1.29, 1.82) is 0 Å². The summed E-state index contributed by atoms with van der Waals surface area (Å²) in [5.41, 5.74) is 0.596. The van der Waals surface area contributed by atoms with E-state index in [1.807, 2.05) is 19.9 Å². The minimum atomic E-state index is -3.68. The number of tetrazole rings is 1. The Balaban J connectivity index is 1.63. The first-order valence-corrected chi connectivity index (χ1v) is 15.8. The van der Waals surface area contributed by atoms with Gasteiger partial charge in [-0.1, -0.05) is 44.1 Å². The van der Waals surface area contributed by atoms with Crippen LogP contribution in [-0.4, -0.2) is 67.3 Å². The number of ether oxygens (including phenoxy) is 2. The highest BCUT2D eigenvalue weighted by Gasteiger charge is 2.44. The number of benzene rings is 1. The average Bonchev–Trinajstić information content (AvgIpc) is 3.31. The lowest BCUT2D eigenvalue weighted by molar-refractivity contribution is -0.149. The minimum Gasteiger partial charge on any atom is -0.414 e. The van der Waals surface area contributed by atoms with Crippen LogP contribution in [0.25, 0.3) is 5.69 Å². The van der Waals surface area contributed by atoms with Crippen molar-refractivity contribution < 1.29 is 22.3 Å². The minimum absolute atomic E-state index is 0.0870. The van der Waals surface area contributed by atoms with Crippen molar-refractivity contribution in [2.45, 2.75) is 88.7 Å². The molecule has 1 fully saturated rings. The summed E-state index contributed by atoms with van der Waals surface area (Å²) in [7, 11) is -5.62. The maximum absolute atomic E-state index is 13.0. The van der Waals surface area contributed by atoms with Crippen LogP contribution in [0, 0.1) is 0 Å². The SMILES string of the molecule is CC1(C)O[C@@H](CO[Si](C)(C)C(C)(C)C)[C@@H](CCCS(=O)(=O)c2nnnn2-c2ccccc2)O1. The fourth-order valence-electron chi connectivity index (χ4n) is 3.47. The second kappa shape index (κ2) is 9.53. The quantitative estimate of drug-likeness (QED) is 0.483. The summed E-state index contributed by atoms with van der Waals surface area (Å²) in [6.45, 7) is 15.2. The van der Waals surface area contributed by atoms with Gasteiger partial charge in [0.25, 0.3) is 5.16 Å². The molecule has 1 aliphatic heterocycles. The van der Waals surface area contributed by atoms with Gasteiger partial charge in [0, 0.05) is 0 Å². The maximum atomic E-state index is 13.0. The van der Waals surface area contributed by atoms with Crippen LogP contribution >= 0.6 is 0 Å². The molecule has 0 aliphatic carbocycles. The number of sulfone groups is 1. The predicted molar refractivity (Wildman–Crippen MR) is 127 cm³/mol. The molecular formula is C22H36N4O5SSi. The molecule has 9 nitrogen and oxygen atoms in total. The van der Waals surface area contributed by atoms with Crippen molar-refractivity contribution in [3.8, 4) is 5.69 Å². The number of para-hydroxylation sites is 1. The van der Waals surface area contributed by atoms with Crippen LogP contribution < -0.4 is 0 Å². The van der Waals surface area contributed by atoms with Gasteiger partial charge in [0.15, 0.2) is 14.1 Å². The topological polar surface area (TPSA) is 105 Å². The van der Waals surface area contributed by atoms with E-state index in [0.29, 0.717) is 25.1 Å². The molecule has 33 heavy (non-hydrogen) atoms. The highest BCUT2D eigenvalue weighted by molar-refractivity contribution is 7.91. The van der Waals surface area contributed by atoms with Crippen molar-refractivity contribution in [3.63, 3.8) is 0 Å². The molecule has 1 aromatic heterocycles. The first-order chi connectivity index (χ1) is 15.2. The molecule has 184 valence electrons. The van der Waals surface area contributed by atoms with E-state index in [0.717, 1.165) is 0 Å². The van der Waals surface area contributed by atoms with Crippen LogP contribution in [0.5, 0.6) is 0 Å². The van der Waals surface area contributed by atoms with E-state index in [1.165, 1.54) is 4.68 Å². The predicted octanol–water partition coefficient (Wildman–Crippen LogP) is 3.76. The number of rotatable bonds is 9. The fourth-order valence-corrected chi connectivity index (χ4v) is 5.78. The summed E-state index contributed by atoms with van der Waals surface area (Å²) < 4.78 is 45.8. The van der Waals surface area contributed by atoms with E-state index in [-0.39, 0.29) is 28.2 Å². The van der Waals surface area contributed by atoms with Crippen LogP contribution in [0.4, 0.5) is 0 Å². The average molecular weight is 497 g/mol. The number of nitrogens with zero attached hydrogens (tertiary/aromatic N) is 4. The molecule has 0 radical (unpaired) electrons. The number of hydrogen-bond acceptors (Lipinski definition) is 8. The monoisotopic (exact) mass is 496 g/mol. The number of hydrogen-bond donors (Lipinski definition) is 0. The van der Waals surface area contributed by atoms with Crippen LogP contribution in [0.3, 0.4) is 0 Å². The molecule has 2 atom stereocenters. The molecule has 0 amide bonds. The van der Waals surface area contributed by atoms with Crippen molar-refractivity contribution in [1.82, 2.24) is 20.2 Å². The van der Waals surface area contributed by atoms with Gasteiger partial charge in [0.05, 0.1) is 24.2 Å². The van der Waals surface area contributed by atoms with Crippen molar-refractivity contribution in [2.75, 3.05) is 12.4 Å². The van der Waals surface area contributed by atoms with Crippen molar-refractivity contribution in [3.05, 3.63) is 30.3 Å². The normalized spacial score (nSPS) is 21.4. The lowest BCUT2D eigenvalue weighted by atomic mass is 10.1. The summed E-state index contributed by atoms with van der Waals surface area (Å²) in [4.78, 5) is 0. The first kappa shape index (κ1) is 26.0. The number of aromatic nitrogens is 4. The molecular weight excluding hydrogens is 460 g/mol. The van der Waals surface area contributed by atoms with Crippen LogP contribution in [0.1, 0.15) is 47.5 Å². The zero-order chi connectivity index (χ0) is 24.5. The Morgan fingerprint density at radius 1 is 1.12 bits per heavy atom. The lowest BCUT2D eigenvalue weighted by Gasteiger charge is -2.37. The highest BCUT2D eigenvalue weighted by Crippen LogP contribution is 2.38. The van der Waals surface area contributed by atoms with Crippen molar-refractivity contribution in [2.24, 2.45) is 0 Å². The summed E-state index contributed by atoms with van der Waals surface area (Å²) in [5, 5.41) is 11.1. The van der Waals surface area contributed by atoms with Gasteiger partial charge in [-0.3, -0.25) is 0 Å². The van der Waals surface area contributed by atoms with Crippen molar-refractivity contribution >= 4 is 18.2 Å². The Morgan fingerprint density at radius 3 is 2.39 bits per heavy atom. The molecule has 3 rings (SSSR count). The molecule has 1 aromatic carbocycles. The van der Waals surface area contributed by atoms with Gasteiger partial charge in [-0.25, -0.2) is 8.42 Å². The van der Waals surface area contributed by atoms with E-state index in [2.05, 4.69) is 49.4 Å². The van der Waals surface area contributed by atoms with Crippen LogP contribution in [0.15, 0.2) is 35.5 Å². The van der Waals surface area contributed by atoms with E-state index >= 15 is 0 Å². The third-order valence-corrected chi connectivity index (χ3v) is 12.5. The second-order valence-electron chi connectivity index (χ2n) is 10.5. The van der Waals surface area contributed by atoms with Gasteiger partial charge >= 0.3 is 0 Å². The van der Waals surface area contributed by atoms with E-state index in [4.69, 9.17) is 13.9 Å². The lowest BCUT2D eigenvalue weighted by Crippen LogP contribution is -2.44. The molecule has 0 saturated carbocycles. The summed E-state index contributed by atoms with van der Waals surface area (Å²) in [5.74, 6) is -0.821. The Bertz CT molecular complexity index is 1030. The van der Waals surface area contributed by atoms with Gasteiger partial charge in [-0.2, -0.15) is 4.68 Å². The third kappa shape index (κ3) is 6.27. The fraction of sp³-hybridized carbons (Fsp3) is 0.682. The second-order valence-corrected chi connectivity index (χ2v) is 17.3. The molecule has 2 heterocycles. The molecule has 2 aromatic rings. The van der Waals surface area contributed by atoms with Gasteiger partial charge in [0.1, 0.15) is 6.10 Å². The Labute approximate surface area is 197 Å². The third-order valence-electron chi connectivity index (χ3n) is 6.32. The zero-order valence-electron chi connectivity index (χ0n) is 20.6. The van der Waals surface area contributed by atoms with E-state index < -0.39 is 23.9 Å². The standard InChI is InChI=1S/C22H36N4O5SSi/c1-21(2,3)33(6,7)29-16-19-18(30-22(4,5)31-19)14-11-15-32(27,28)20-23-24-25-26(20)17-12-9-8-10-13-17/h8-10,12-13,18-19H,11,14-16H2,1-7H3/t18-,19+/m1/s1. The first-order valence-electron chi connectivity index (χ1n) is 11.3. The highest BCUT2D eigenvalue weighted by atomic mass is 32.2. The Hall–Kier alpha value is -1.66. The van der Waals surface area contributed by atoms with Crippen LogP contribution in [-0.2, 0) is 23.7 Å². The molecule has 11 heteroatoms. The smallest absolute Gasteiger partial charge is 0.272 e. The molecule has 0 unspecified atom stereocenters. The molecule has 0 bridgehead atoms.